The summed E-state index contributed by atoms with van der Waals surface area (Å²) < 4.78 is 31.2. The number of carbonyl (C=O) groups excluding carboxylic acids is 1. The molecule has 2 fully saturated rings. The van der Waals surface area contributed by atoms with Gasteiger partial charge in [0.1, 0.15) is 5.75 Å². The van der Waals surface area contributed by atoms with Gasteiger partial charge in [0.2, 0.25) is 10.0 Å². The minimum atomic E-state index is -3.25. The summed E-state index contributed by atoms with van der Waals surface area (Å²) in [5, 5.41) is 0. The number of benzene rings is 1. The monoisotopic (exact) mass is 381 g/mol. The van der Waals surface area contributed by atoms with Gasteiger partial charge in [0.25, 0.3) is 5.91 Å². The summed E-state index contributed by atoms with van der Waals surface area (Å²) in [4.78, 5) is 16.6. The van der Waals surface area contributed by atoms with Gasteiger partial charge in [-0.2, -0.15) is 4.31 Å². The van der Waals surface area contributed by atoms with Crippen molar-refractivity contribution >= 4 is 15.9 Å². The van der Waals surface area contributed by atoms with Gasteiger partial charge in [-0.1, -0.05) is 18.2 Å². The zero-order chi connectivity index (χ0) is 18.9. The second kappa shape index (κ2) is 7.17. The van der Waals surface area contributed by atoms with E-state index in [9.17, 15) is 13.2 Å². The van der Waals surface area contributed by atoms with Crippen LogP contribution in [0.2, 0.25) is 0 Å². The first-order valence-electron chi connectivity index (χ1n) is 8.84. The van der Waals surface area contributed by atoms with Crippen LogP contribution in [0.1, 0.15) is 13.8 Å². The number of hydrogen-bond acceptors (Lipinski definition) is 5. The Hall–Kier alpha value is -1.64. The van der Waals surface area contributed by atoms with Crippen LogP contribution in [0.5, 0.6) is 5.75 Å². The van der Waals surface area contributed by atoms with Crippen LogP contribution >= 0.6 is 0 Å². The molecule has 2 saturated heterocycles. The van der Waals surface area contributed by atoms with Crippen LogP contribution in [0.3, 0.4) is 0 Å². The summed E-state index contributed by atoms with van der Waals surface area (Å²) in [5.41, 5.74) is -0.248. The number of piperazine rings is 2. The highest BCUT2D eigenvalue weighted by Crippen LogP contribution is 2.29. The van der Waals surface area contributed by atoms with Crippen molar-refractivity contribution in [3.63, 3.8) is 0 Å². The minimum absolute atomic E-state index is 0.00269. The summed E-state index contributed by atoms with van der Waals surface area (Å²) in [6.45, 7) is 6.92. The lowest BCUT2D eigenvalue weighted by atomic mass is 9.94. The van der Waals surface area contributed by atoms with Gasteiger partial charge < -0.3 is 9.64 Å². The molecule has 144 valence electrons. The van der Waals surface area contributed by atoms with E-state index in [0.29, 0.717) is 31.9 Å². The smallest absolute Gasteiger partial charge is 0.260 e. The van der Waals surface area contributed by atoms with Crippen molar-refractivity contribution < 1.29 is 17.9 Å². The van der Waals surface area contributed by atoms with Crippen molar-refractivity contribution in [2.45, 2.75) is 25.4 Å². The standard InChI is InChI=1S/C18H27N3O4S/c1-18(2)14-20(26(3,23)24)12-15-11-19(9-10-21(15)18)17(22)13-25-16-7-5-4-6-8-16/h4-8,15H,9-14H2,1-3H3. The summed E-state index contributed by atoms with van der Waals surface area (Å²) >= 11 is 0. The van der Waals surface area contributed by atoms with Crippen molar-refractivity contribution in [2.24, 2.45) is 0 Å². The molecule has 1 atom stereocenters. The van der Waals surface area contributed by atoms with Gasteiger partial charge in [-0.3, -0.25) is 9.69 Å². The lowest BCUT2D eigenvalue weighted by Crippen LogP contribution is -2.70. The van der Waals surface area contributed by atoms with Crippen LogP contribution in [0.25, 0.3) is 0 Å². The Labute approximate surface area is 155 Å². The third kappa shape index (κ3) is 4.19. The highest BCUT2D eigenvalue weighted by molar-refractivity contribution is 7.88. The predicted octanol–water partition coefficient (Wildman–Crippen LogP) is 0.632. The van der Waals surface area contributed by atoms with Gasteiger partial charge in [-0.05, 0) is 26.0 Å². The topological polar surface area (TPSA) is 70.2 Å². The molecule has 26 heavy (non-hydrogen) atoms. The molecule has 8 heteroatoms. The maximum Gasteiger partial charge on any atom is 0.260 e. The first-order valence-corrected chi connectivity index (χ1v) is 10.7. The van der Waals surface area contributed by atoms with E-state index in [4.69, 9.17) is 4.74 Å². The largest absolute Gasteiger partial charge is 0.484 e. The maximum absolute atomic E-state index is 12.5. The van der Waals surface area contributed by atoms with Gasteiger partial charge in [0, 0.05) is 44.3 Å². The number of amides is 1. The Morgan fingerprint density at radius 3 is 2.54 bits per heavy atom. The van der Waals surface area contributed by atoms with E-state index in [1.54, 1.807) is 4.90 Å². The molecule has 0 saturated carbocycles. The molecule has 1 amide bonds. The van der Waals surface area contributed by atoms with Crippen LogP contribution in [0.15, 0.2) is 30.3 Å². The molecule has 2 heterocycles. The minimum Gasteiger partial charge on any atom is -0.484 e. The Morgan fingerprint density at radius 2 is 1.88 bits per heavy atom. The third-order valence-electron chi connectivity index (χ3n) is 5.17. The molecule has 1 unspecified atom stereocenters. The van der Waals surface area contributed by atoms with Gasteiger partial charge in [0.15, 0.2) is 6.61 Å². The van der Waals surface area contributed by atoms with E-state index in [1.165, 1.54) is 10.6 Å². The quantitative estimate of drug-likeness (QED) is 0.765. The predicted molar refractivity (Wildman–Crippen MR) is 99.5 cm³/mol. The van der Waals surface area contributed by atoms with Crippen LogP contribution < -0.4 is 4.74 Å². The number of carbonyl (C=O) groups is 1. The average molecular weight is 381 g/mol. The van der Waals surface area contributed by atoms with Crippen LogP contribution in [0.4, 0.5) is 0 Å². The number of para-hydroxylation sites is 1. The van der Waals surface area contributed by atoms with E-state index in [0.717, 1.165) is 6.54 Å². The number of sulfonamides is 1. The fourth-order valence-corrected chi connectivity index (χ4v) is 4.86. The Bertz CT molecular complexity index is 751. The van der Waals surface area contributed by atoms with E-state index in [-0.39, 0.29) is 24.1 Å². The summed E-state index contributed by atoms with van der Waals surface area (Å²) in [6.07, 6.45) is 1.25. The van der Waals surface area contributed by atoms with E-state index in [2.05, 4.69) is 18.7 Å². The lowest BCUT2D eigenvalue weighted by molar-refractivity contribution is -0.139. The molecule has 0 N–H and O–H groups in total. The SMILES string of the molecule is CC1(C)CN(S(C)(=O)=O)CC2CN(C(=O)COc3ccccc3)CCN21. The van der Waals surface area contributed by atoms with Gasteiger partial charge >= 0.3 is 0 Å². The fourth-order valence-electron chi connectivity index (χ4n) is 3.86. The zero-order valence-corrected chi connectivity index (χ0v) is 16.4. The number of nitrogens with zero attached hydrogens (tertiary/aromatic N) is 3. The molecule has 7 nitrogen and oxygen atoms in total. The molecule has 0 spiro atoms. The molecule has 1 aromatic carbocycles. The van der Waals surface area contributed by atoms with Gasteiger partial charge in [0.05, 0.1) is 6.26 Å². The van der Waals surface area contributed by atoms with Crippen LogP contribution in [-0.4, -0.2) is 85.6 Å². The molecule has 1 aromatic rings. The molecule has 2 aliphatic rings. The van der Waals surface area contributed by atoms with Crippen molar-refractivity contribution in [1.29, 1.82) is 0 Å². The van der Waals surface area contributed by atoms with E-state index >= 15 is 0 Å². The highest BCUT2D eigenvalue weighted by atomic mass is 32.2. The summed E-state index contributed by atoms with van der Waals surface area (Å²) in [5.74, 6) is 0.601. The highest BCUT2D eigenvalue weighted by Gasteiger charge is 2.45. The number of hydrogen-bond donors (Lipinski definition) is 0. The fraction of sp³-hybridized carbons (Fsp3) is 0.611. The molecular formula is C18H27N3O4S. The van der Waals surface area contributed by atoms with Gasteiger partial charge in [-0.15, -0.1) is 0 Å². The summed E-state index contributed by atoms with van der Waals surface area (Å²) in [6, 6.07) is 9.26. The molecule has 0 aromatic heterocycles. The second-order valence-electron chi connectivity index (χ2n) is 7.66. The van der Waals surface area contributed by atoms with E-state index < -0.39 is 10.0 Å². The number of fused-ring (bicyclic) bond motifs is 1. The van der Waals surface area contributed by atoms with Crippen molar-refractivity contribution in [3.8, 4) is 5.75 Å². The number of ether oxygens (including phenoxy) is 1. The molecular weight excluding hydrogens is 354 g/mol. The van der Waals surface area contributed by atoms with Crippen molar-refractivity contribution in [2.75, 3.05) is 45.6 Å². The Kier molecular flexibility index (Phi) is 5.28. The van der Waals surface area contributed by atoms with Crippen LogP contribution in [0, 0.1) is 0 Å². The first kappa shape index (κ1) is 19.1. The molecule has 2 aliphatic heterocycles. The Morgan fingerprint density at radius 1 is 1.19 bits per heavy atom. The first-order chi connectivity index (χ1) is 12.2. The van der Waals surface area contributed by atoms with Gasteiger partial charge in [-0.25, -0.2) is 8.42 Å². The van der Waals surface area contributed by atoms with Crippen molar-refractivity contribution in [1.82, 2.24) is 14.1 Å². The molecule has 0 aliphatic carbocycles. The Balaban J connectivity index is 1.64. The van der Waals surface area contributed by atoms with Crippen LogP contribution in [-0.2, 0) is 14.8 Å². The normalized spacial score (nSPS) is 24.1. The average Bonchev–Trinajstić information content (AvgIpc) is 2.58. The maximum atomic E-state index is 12.5. The molecule has 0 radical (unpaired) electrons. The van der Waals surface area contributed by atoms with E-state index in [1.807, 2.05) is 30.3 Å². The molecule has 0 bridgehead atoms. The number of rotatable bonds is 4. The second-order valence-corrected chi connectivity index (χ2v) is 9.64. The lowest BCUT2D eigenvalue weighted by Gasteiger charge is -2.54. The third-order valence-corrected chi connectivity index (χ3v) is 6.38. The van der Waals surface area contributed by atoms with Crippen molar-refractivity contribution in [3.05, 3.63) is 30.3 Å². The summed E-state index contributed by atoms with van der Waals surface area (Å²) in [7, 11) is -3.25. The molecule has 3 rings (SSSR count). The zero-order valence-electron chi connectivity index (χ0n) is 15.6.